The van der Waals surface area contributed by atoms with Gasteiger partial charge in [0.2, 0.25) is 0 Å². The van der Waals surface area contributed by atoms with Crippen LogP contribution in [0.15, 0.2) is 6.20 Å². The first-order valence-corrected chi connectivity index (χ1v) is 7.11. The molecule has 5 nitrogen and oxygen atoms in total. The molecule has 0 aliphatic carbocycles. The lowest BCUT2D eigenvalue weighted by Gasteiger charge is -2.18. The van der Waals surface area contributed by atoms with Gasteiger partial charge in [-0.05, 0) is 12.3 Å². The topological polar surface area (TPSA) is 67.2 Å². The minimum atomic E-state index is -0.506. The summed E-state index contributed by atoms with van der Waals surface area (Å²) >= 11 is 0. The van der Waals surface area contributed by atoms with Crippen molar-refractivity contribution in [3.05, 3.63) is 17.5 Å². The Labute approximate surface area is 121 Å². The third-order valence-corrected chi connectivity index (χ3v) is 3.03. The maximum Gasteiger partial charge on any atom is 0.254 e. The Balaban J connectivity index is 2.74. The van der Waals surface area contributed by atoms with Gasteiger partial charge in [0.1, 0.15) is 0 Å². The first-order chi connectivity index (χ1) is 9.11. The number of amides is 1. The van der Waals surface area contributed by atoms with E-state index < -0.39 is 6.10 Å². The lowest BCUT2D eigenvalue weighted by atomic mass is 9.89. The van der Waals surface area contributed by atoms with Gasteiger partial charge in [-0.1, -0.05) is 34.6 Å². The quantitative estimate of drug-likeness (QED) is 0.865. The van der Waals surface area contributed by atoms with Crippen LogP contribution in [0.5, 0.6) is 0 Å². The third-order valence-electron chi connectivity index (χ3n) is 3.03. The van der Waals surface area contributed by atoms with Crippen LogP contribution in [0.4, 0.5) is 0 Å². The standard InChI is InChI=1S/C15H27N3O2/c1-10(2)7-11(19)8-16-14(20)12-9-18(6)17-13(12)15(3,4)5/h9-11,19H,7-8H2,1-6H3,(H,16,20). The Bertz CT molecular complexity index is 458. The fourth-order valence-electron chi connectivity index (χ4n) is 2.14. The van der Waals surface area contributed by atoms with Gasteiger partial charge in [0.15, 0.2) is 0 Å². The van der Waals surface area contributed by atoms with Crippen molar-refractivity contribution in [2.24, 2.45) is 13.0 Å². The summed E-state index contributed by atoms with van der Waals surface area (Å²) in [5.41, 5.74) is 1.16. The summed E-state index contributed by atoms with van der Waals surface area (Å²) in [4.78, 5) is 12.2. The van der Waals surface area contributed by atoms with Crippen molar-refractivity contribution in [3.63, 3.8) is 0 Å². The molecule has 1 atom stereocenters. The zero-order valence-electron chi connectivity index (χ0n) is 13.4. The van der Waals surface area contributed by atoms with Crippen molar-refractivity contribution >= 4 is 5.91 Å². The Hall–Kier alpha value is -1.36. The van der Waals surface area contributed by atoms with Crippen LogP contribution in [0, 0.1) is 5.92 Å². The molecule has 0 aliphatic rings. The summed E-state index contributed by atoms with van der Waals surface area (Å²) < 4.78 is 1.65. The Morgan fingerprint density at radius 1 is 1.45 bits per heavy atom. The van der Waals surface area contributed by atoms with E-state index in [1.54, 1.807) is 17.9 Å². The number of aliphatic hydroxyl groups is 1. The number of nitrogens with one attached hydrogen (secondary N) is 1. The fraction of sp³-hybridized carbons (Fsp3) is 0.733. The van der Waals surface area contributed by atoms with Gasteiger partial charge in [-0.2, -0.15) is 5.10 Å². The van der Waals surface area contributed by atoms with E-state index in [2.05, 4.69) is 10.4 Å². The molecule has 0 aromatic carbocycles. The van der Waals surface area contributed by atoms with Crippen molar-refractivity contribution in [3.8, 4) is 0 Å². The van der Waals surface area contributed by atoms with Crippen LogP contribution in [0.2, 0.25) is 0 Å². The highest BCUT2D eigenvalue weighted by atomic mass is 16.3. The number of aliphatic hydroxyl groups excluding tert-OH is 1. The van der Waals surface area contributed by atoms with E-state index in [9.17, 15) is 9.90 Å². The molecule has 0 fully saturated rings. The van der Waals surface area contributed by atoms with Gasteiger partial charge < -0.3 is 10.4 Å². The first kappa shape index (κ1) is 16.7. The van der Waals surface area contributed by atoms with Crippen LogP contribution < -0.4 is 5.32 Å². The van der Waals surface area contributed by atoms with E-state index in [-0.39, 0.29) is 17.9 Å². The first-order valence-electron chi connectivity index (χ1n) is 7.11. The van der Waals surface area contributed by atoms with Crippen molar-refractivity contribution in [1.82, 2.24) is 15.1 Å². The zero-order valence-corrected chi connectivity index (χ0v) is 13.4. The predicted molar refractivity (Wildman–Crippen MR) is 79.7 cm³/mol. The molecule has 1 aromatic heterocycles. The van der Waals surface area contributed by atoms with Crippen LogP contribution in [0.25, 0.3) is 0 Å². The van der Waals surface area contributed by atoms with Crippen LogP contribution >= 0.6 is 0 Å². The molecule has 0 saturated carbocycles. The predicted octanol–water partition coefficient (Wildman–Crippen LogP) is 1.85. The van der Waals surface area contributed by atoms with Crippen molar-refractivity contribution < 1.29 is 9.90 Å². The van der Waals surface area contributed by atoms with Gasteiger partial charge in [-0.3, -0.25) is 9.48 Å². The highest BCUT2D eigenvalue weighted by molar-refractivity contribution is 5.95. The highest BCUT2D eigenvalue weighted by Gasteiger charge is 2.25. The lowest BCUT2D eigenvalue weighted by Crippen LogP contribution is -2.33. The van der Waals surface area contributed by atoms with Gasteiger partial charge in [0.05, 0.1) is 17.4 Å². The number of carbonyl (C=O) groups is 1. The summed E-state index contributed by atoms with van der Waals surface area (Å²) in [6, 6.07) is 0. The molecule has 0 aliphatic heterocycles. The monoisotopic (exact) mass is 281 g/mol. The fourth-order valence-corrected chi connectivity index (χ4v) is 2.14. The largest absolute Gasteiger partial charge is 0.391 e. The molecule has 114 valence electrons. The minimum absolute atomic E-state index is 0.175. The number of aromatic nitrogens is 2. The van der Waals surface area contributed by atoms with Gasteiger partial charge in [0, 0.05) is 25.2 Å². The molecule has 1 aromatic rings. The molecule has 1 amide bonds. The molecule has 20 heavy (non-hydrogen) atoms. The number of aryl methyl sites for hydroxylation is 1. The molecule has 0 spiro atoms. The Morgan fingerprint density at radius 2 is 2.05 bits per heavy atom. The van der Waals surface area contributed by atoms with Gasteiger partial charge in [-0.15, -0.1) is 0 Å². The maximum atomic E-state index is 12.2. The normalized spacial score (nSPS) is 13.6. The van der Waals surface area contributed by atoms with E-state index in [0.29, 0.717) is 17.9 Å². The van der Waals surface area contributed by atoms with Gasteiger partial charge >= 0.3 is 0 Å². The highest BCUT2D eigenvalue weighted by Crippen LogP contribution is 2.24. The number of hydrogen-bond donors (Lipinski definition) is 2. The average Bonchev–Trinajstić information content (AvgIpc) is 2.67. The molecule has 1 unspecified atom stereocenters. The second kappa shape index (κ2) is 6.39. The zero-order chi connectivity index (χ0) is 15.5. The van der Waals surface area contributed by atoms with E-state index in [0.717, 1.165) is 5.69 Å². The Kier molecular flexibility index (Phi) is 5.34. The van der Waals surface area contributed by atoms with E-state index in [1.807, 2.05) is 34.6 Å². The summed E-state index contributed by atoms with van der Waals surface area (Å²) in [5.74, 6) is 0.233. The van der Waals surface area contributed by atoms with Gasteiger partial charge in [0.25, 0.3) is 5.91 Å². The average molecular weight is 281 g/mol. The minimum Gasteiger partial charge on any atom is -0.391 e. The number of nitrogens with zero attached hydrogens (tertiary/aromatic N) is 2. The van der Waals surface area contributed by atoms with Gasteiger partial charge in [-0.25, -0.2) is 0 Å². The molecule has 2 N–H and O–H groups in total. The van der Waals surface area contributed by atoms with Crippen LogP contribution in [0.1, 0.15) is 57.1 Å². The molecular formula is C15H27N3O2. The number of rotatable bonds is 5. The SMILES string of the molecule is CC(C)CC(O)CNC(=O)c1cn(C)nc1C(C)(C)C. The summed E-state index contributed by atoms with van der Waals surface area (Å²) in [7, 11) is 1.81. The molecule has 0 bridgehead atoms. The van der Waals surface area contributed by atoms with E-state index in [1.165, 1.54) is 0 Å². The summed E-state index contributed by atoms with van der Waals surface area (Å²) in [6.07, 6.45) is 1.90. The molecule has 1 heterocycles. The molecule has 1 rings (SSSR count). The van der Waals surface area contributed by atoms with Crippen molar-refractivity contribution in [1.29, 1.82) is 0 Å². The maximum absolute atomic E-state index is 12.2. The van der Waals surface area contributed by atoms with Crippen LogP contribution in [0.3, 0.4) is 0 Å². The Morgan fingerprint density at radius 3 is 2.55 bits per heavy atom. The number of carbonyl (C=O) groups excluding carboxylic acids is 1. The molecule has 0 saturated heterocycles. The van der Waals surface area contributed by atoms with E-state index >= 15 is 0 Å². The van der Waals surface area contributed by atoms with Crippen LogP contribution in [-0.4, -0.2) is 33.4 Å². The number of hydrogen-bond acceptors (Lipinski definition) is 3. The molecule has 5 heteroatoms. The van der Waals surface area contributed by atoms with E-state index in [4.69, 9.17) is 0 Å². The third kappa shape index (κ3) is 4.63. The second-order valence-corrected chi connectivity index (χ2v) is 6.81. The van der Waals surface area contributed by atoms with Crippen LogP contribution in [-0.2, 0) is 12.5 Å². The summed E-state index contributed by atoms with van der Waals surface area (Å²) in [5, 5.41) is 17.0. The lowest BCUT2D eigenvalue weighted by molar-refractivity contribution is 0.0898. The van der Waals surface area contributed by atoms with Crippen molar-refractivity contribution in [2.75, 3.05) is 6.54 Å². The summed E-state index contributed by atoms with van der Waals surface area (Å²) in [6.45, 7) is 10.4. The smallest absolute Gasteiger partial charge is 0.254 e. The molecular weight excluding hydrogens is 254 g/mol. The van der Waals surface area contributed by atoms with Crippen molar-refractivity contribution in [2.45, 2.75) is 52.6 Å². The second-order valence-electron chi connectivity index (χ2n) is 6.81. The molecule has 0 radical (unpaired) electrons.